The van der Waals surface area contributed by atoms with Gasteiger partial charge in [0, 0.05) is 45.1 Å². The normalized spacial score (nSPS) is 18.1. The predicted molar refractivity (Wildman–Crippen MR) is 104 cm³/mol. The number of hydrogen-bond donors (Lipinski definition) is 0. The molecule has 0 saturated heterocycles. The van der Waals surface area contributed by atoms with Crippen LogP contribution in [0.4, 0.5) is 0 Å². The molecular weight excluding hydrogens is 356 g/mol. The Bertz CT molecular complexity index is 917. The molecule has 2 aliphatic heterocycles. The van der Waals surface area contributed by atoms with Crippen LogP contribution in [0.5, 0.6) is 0 Å². The molecule has 0 saturated carbocycles. The van der Waals surface area contributed by atoms with E-state index >= 15 is 0 Å². The van der Waals surface area contributed by atoms with Crippen LogP contribution in [0, 0.1) is 0 Å². The standard InChI is InChI=1S/C22H22N2O4/c1-5-11(3)23-19(25)13-7-9-15-18-16(10-8-14(17(13)18)20(23)26)22(28)24(21(15)27)12(4)6-2/h7-12H,5-6H2,1-4H3/t11-,12+. The number of benzene rings is 2. The third-order valence-electron chi connectivity index (χ3n) is 6.02. The molecule has 2 aromatic carbocycles. The first kappa shape index (κ1) is 18.3. The van der Waals surface area contributed by atoms with Crippen LogP contribution in [0.25, 0.3) is 10.8 Å². The van der Waals surface area contributed by atoms with E-state index in [0.717, 1.165) is 0 Å². The van der Waals surface area contributed by atoms with Crippen LogP contribution < -0.4 is 0 Å². The van der Waals surface area contributed by atoms with E-state index in [2.05, 4.69) is 0 Å². The zero-order valence-electron chi connectivity index (χ0n) is 16.4. The first-order chi connectivity index (χ1) is 13.3. The maximum atomic E-state index is 13.0. The molecular formula is C22H22N2O4. The highest BCUT2D eigenvalue weighted by atomic mass is 16.2. The van der Waals surface area contributed by atoms with Gasteiger partial charge in [-0.3, -0.25) is 29.0 Å². The van der Waals surface area contributed by atoms with Gasteiger partial charge in [-0.05, 0) is 51.0 Å². The van der Waals surface area contributed by atoms with E-state index in [1.807, 2.05) is 27.7 Å². The van der Waals surface area contributed by atoms with Gasteiger partial charge in [0.15, 0.2) is 0 Å². The minimum Gasteiger partial charge on any atom is -0.272 e. The maximum Gasteiger partial charge on any atom is 0.261 e. The van der Waals surface area contributed by atoms with Gasteiger partial charge in [0.25, 0.3) is 23.6 Å². The molecule has 6 heteroatoms. The molecule has 28 heavy (non-hydrogen) atoms. The Morgan fingerprint density at radius 1 is 0.607 bits per heavy atom. The second kappa shape index (κ2) is 6.26. The van der Waals surface area contributed by atoms with Crippen molar-refractivity contribution in [1.82, 2.24) is 9.80 Å². The van der Waals surface area contributed by atoms with Gasteiger partial charge < -0.3 is 0 Å². The summed E-state index contributed by atoms with van der Waals surface area (Å²) in [5, 5.41) is 0.852. The number of carbonyl (C=O) groups is 4. The second-order valence-electron chi connectivity index (χ2n) is 7.55. The fourth-order valence-electron chi connectivity index (χ4n) is 4.08. The number of nitrogens with zero attached hydrogens (tertiary/aromatic N) is 2. The number of carbonyl (C=O) groups excluding carboxylic acids is 4. The Morgan fingerprint density at radius 3 is 1.07 bits per heavy atom. The molecule has 0 N–H and O–H groups in total. The van der Waals surface area contributed by atoms with E-state index in [1.165, 1.54) is 9.80 Å². The number of amides is 4. The van der Waals surface area contributed by atoms with E-state index < -0.39 is 0 Å². The fraction of sp³-hybridized carbons (Fsp3) is 0.364. The first-order valence-electron chi connectivity index (χ1n) is 9.68. The van der Waals surface area contributed by atoms with Gasteiger partial charge in [-0.1, -0.05) is 13.8 Å². The average molecular weight is 378 g/mol. The van der Waals surface area contributed by atoms with Crippen molar-refractivity contribution < 1.29 is 19.2 Å². The molecule has 0 aromatic heterocycles. The predicted octanol–water partition coefficient (Wildman–Crippen LogP) is 3.63. The lowest BCUT2D eigenvalue weighted by Crippen LogP contribution is -2.47. The first-order valence-corrected chi connectivity index (χ1v) is 9.68. The molecule has 0 bridgehead atoms. The van der Waals surface area contributed by atoms with Crippen molar-refractivity contribution >= 4 is 34.4 Å². The number of rotatable bonds is 4. The summed E-state index contributed by atoms with van der Waals surface area (Å²) in [6.45, 7) is 7.51. The lowest BCUT2D eigenvalue weighted by atomic mass is 9.85. The third kappa shape index (κ3) is 2.20. The second-order valence-corrected chi connectivity index (χ2v) is 7.55. The Hall–Kier alpha value is -3.02. The third-order valence-corrected chi connectivity index (χ3v) is 6.02. The van der Waals surface area contributed by atoms with Gasteiger partial charge in [0.2, 0.25) is 0 Å². The highest BCUT2D eigenvalue weighted by Crippen LogP contribution is 2.38. The summed E-state index contributed by atoms with van der Waals surface area (Å²) < 4.78 is 0. The van der Waals surface area contributed by atoms with Gasteiger partial charge >= 0.3 is 0 Å². The Kier molecular flexibility index (Phi) is 4.10. The van der Waals surface area contributed by atoms with Crippen molar-refractivity contribution in [2.45, 2.75) is 52.6 Å². The molecule has 0 aliphatic carbocycles. The van der Waals surface area contributed by atoms with Crippen LogP contribution >= 0.6 is 0 Å². The highest BCUT2D eigenvalue weighted by Gasteiger charge is 2.41. The zero-order chi connectivity index (χ0) is 20.3. The minimum atomic E-state index is -0.375. The smallest absolute Gasteiger partial charge is 0.261 e. The summed E-state index contributed by atoms with van der Waals surface area (Å²) in [5.74, 6) is -1.50. The van der Waals surface area contributed by atoms with Crippen molar-refractivity contribution in [2.75, 3.05) is 0 Å². The van der Waals surface area contributed by atoms with Crippen LogP contribution in [-0.4, -0.2) is 45.5 Å². The molecule has 0 spiro atoms. The van der Waals surface area contributed by atoms with Gasteiger partial charge in [-0.25, -0.2) is 0 Å². The van der Waals surface area contributed by atoms with E-state index in [0.29, 0.717) is 45.9 Å². The highest BCUT2D eigenvalue weighted by molar-refractivity contribution is 6.33. The van der Waals surface area contributed by atoms with E-state index in [9.17, 15) is 19.2 Å². The Labute approximate surface area is 163 Å². The van der Waals surface area contributed by atoms with E-state index in [4.69, 9.17) is 0 Å². The van der Waals surface area contributed by atoms with Gasteiger partial charge in [0.05, 0.1) is 0 Å². The van der Waals surface area contributed by atoms with Crippen LogP contribution in [0.3, 0.4) is 0 Å². The van der Waals surface area contributed by atoms with E-state index in [-0.39, 0.29) is 35.7 Å². The number of imide groups is 2. The minimum absolute atomic E-state index is 0.236. The Morgan fingerprint density at radius 2 is 0.857 bits per heavy atom. The monoisotopic (exact) mass is 378 g/mol. The van der Waals surface area contributed by atoms with Crippen molar-refractivity contribution in [3.8, 4) is 0 Å². The lowest BCUT2D eigenvalue weighted by Gasteiger charge is -2.35. The van der Waals surface area contributed by atoms with Crippen LogP contribution in [0.2, 0.25) is 0 Å². The van der Waals surface area contributed by atoms with Crippen LogP contribution in [-0.2, 0) is 0 Å². The lowest BCUT2D eigenvalue weighted by molar-refractivity contribution is 0.0525. The molecule has 4 amide bonds. The van der Waals surface area contributed by atoms with Gasteiger partial charge in [-0.2, -0.15) is 0 Å². The average Bonchev–Trinajstić information content (AvgIpc) is 2.70. The molecule has 2 atom stereocenters. The van der Waals surface area contributed by atoms with E-state index in [1.54, 1.807) is 24.3 Å². The summed E-state index contributed by atoms with van der Waals surface area (Å²) in [6, 6.07) is 5.96. The molecule has 2 aromatic rings. The molecule has 0 fully saturated rings. The van der Waals surface area contributed by atoms with Gasteiger partial charge in [-0.15, -0.1) is 0 Å². The summed E-state index contributed by atoms with van der Waals surface area (Å²) in [7, 11) is 0. The maximum absolute atomic E-state index is 13.0. The molecule has 144 valence electrons. The van der Waals surface area contributed by atoms with Crippen molar-refractivity contribution in [3.05, 3.63) is 46.5 Å². The molecule has 4 rings (SSSR count). The quantitative estimate of drug-likeness (QED) is 0.762. The molecule has 6 nitrogen and oxygen atoms in total. The topological polar surface area (TPSA) is 74.8 Å². The van der Waals surface area contributed by atoms with Crippen LogP contribution in [0.1, 0.15) is 82.0 Å². The summed E-state index contributed by atoms with van der Waals surface area (Å²) in [4.78, 5) is 54.7. The summed E-state index contributed by atoms with van der Waals surface area (Å²) in [6.07, 6.45) is 1.29. The molecule has 0 radical (unpaired) electrons. The van der Waals surface area contributed by atoms with Crippen molar-refractivity contribution in [1.29, 1.82) is 0 Å². The van der Waals surface area contributed by atoms with Crippen LogP contribution in [0.15, 0.2) is 24.3 Å². The zero-order valence-corrected chi connectivity index (χ0v) is 16.4. The fourth-order valence-corrected chi connectivity index (χ4v) is 4.08. The van der Waals surface area contributed by atoms with Crippen molar-refractivity contribution in [2.24, 2.45) is 0 Å². The molecule has 2 aliphatic rings. The molecule has 0 unspecified atom stereocenters. The largest absolute Gasteiger partial charge is 0.272 e. The summed E-state index contributed by atoms with van der Waals surface area (Å²) in [5.41, 5.74) is 1.47. The number of hydrogen-bond acceptors (Lipinski definition) is 4. The molecule has 2 heterocycles. The summed E-state index contributed by atoms with van der Waals surface area (Å²) >= 11 is 0. The van der Waals surface area contributed by atoms with Crippen molar-refractivity contribution in [3.63, 3.8) is 0 Å². The van der Waals surface area contributed by atoms with Gasteiger partial charge in [0.1, 0.15) is 0 Å². The SMILES string of the molecule is CC[C@@H](C)N1C(=O)c2ccc3c4c(ccc(c24)C1=O)C(=O)N([C@@H](C)CC)C3=O. The Balaban J connectivity index is 2.01.